The van der Waals surface area contributed by atoms with Crippen molar-refractivity contribution in [2.24, 2.45) is 0 Å². The predicted octanol–water partition coefficient (Wildman–Crippen LogP) is 9.75. The molecule has 4 aromatic heterocycles. The van der Waals surface area contributed by atoms with Crippen LogP contribution >= 0.6 is 0 Å². The Balaban J connectivity index is 1.19. The highest BCUT2D eigenvalue weighted by molar-refractivity contribution is 5.89. The zero-order chi connectivity index (χ0) is 27.2. The molecule has 4 heteroatoms. The lowest BCUT2D eigenvalue weighted by Gasteiger charge is -2.20. The average Bonchev–Trinajstić information content (AvgIpc) is 3.82. The lowest BCUT2D eigenvalue weighted by molar-refractivity contribution is 0.597. The molecule has 8 aromatic rings. The van der Waals surface area contributed by atoms with Gasteiger partial charge in [-0.3, -0.25) is 0 Å². The normalized spacial score (nSPS) is 12.1. The van der Waals surface area contributed by atoms with Crippen LogP contribution in [0.1, 0.15) is 53.4 Å². The number of aromatic amines is 4. The van der Waals surface area contributed by atoms with Crippen molar-refractivity contribution in [3.05, 3.63) is 144 Å². The Morgan fingerprint density at radius 2 is 0.634 bits per heavy atom. The van der Waals surface area contributed by atoms with Gasteiger partial charge < -0.3 is 19.9 Å². The molecule has 4 nitrogen and oxygen atoms in total. The molecule has 0 radical (unpaired) electrons. The third kappa shape index (κ3) is 4.06. The number of fused-ring (bicyclic) bond motifs is 4. The monoisotopic (exact) mass is 532 g/mol. The van der Waals surface area contributed by atoms with Crippen molar-refractivity contribution < 1.29 is 0 Å². The highest BCUT2D eigenvalue weighted by Crippen LogP contribution is 2.42. The van der Waals surface area contributed by atoms with Crippen LogP contribution in [-0.4, -0.2) is 19.9 Å². The molecule has 0 saturated heterocycles. The first-order valence-electron chi connectivity index (χ1n) is 14.6. The standard InChI is InChI=1S/C37H32N4/c1-5-16-34-26(10-1)30(20-38-34)24(31-21-39-35-17-6-2-11-27(31)35)14-9-15-25(32-22-40-36-18-7-3-12-28(32)36)33-23-41-37-19-8-4-13-29(33)37/h1-8,10-13,16-25,38-41H,9,14-15H2. The second kappa shape index (κ2) is 9.90. The fourth-order valence-corrected chi connectivity index (χ4v) is 7.01. The summed E-state index contributed by atoms with van der Waals surface area (Å²) in [6.45, 7) is 0. The quantitative estimate of drug-likeness (QED) is 0.151. The smallest absolute Gasteiger partial charge is 0.0457 e. The molecule has 0 unspecified atom stereocenters. The van der Waals surface area contributed by atoms with Gasteiger partial charge in [0, 0.05) is 80.2 Å². The molecule has 8 rings (SSSR count). The van der Waals surface area contributed by atoms with Crippen molar-refractivity contribution in [1.29, 1.82) is 0 Å². The van der Waals surface area contributed by atoms with Gasteiger partial charge in [0.05, 0.1) is 0 Å². The van der Waals surface area contributed by atoms with E-state index in [1.165, 1.54) is 65.9 Å². The van der Waals surface area contributed by atoms with Gasteiger partial charge in [-0.2, -0.15) is 0 Å². The van der Waals surface area contributed by atoms with Crippen LogP contribution in [0.2, 0.25) is 0 Å². The maximum Gasteiger partial charge on any atom is 0.0457 e. The first-order chi connectivity index (χ1) is 20.3. The van der Waals surface area contributed by atoms with Gasteiger partial charge in [0.25, 0.3) is 0 Å². The zero-order valence-electron chi connectivity index (χ0n) is 22.8. The molecule has 0 saturated carbocycles. The van der Waals surface area contributed by atoms with Gasteiger partial charge in [0.2, 0.25) is 0 Å². The topological polar surface area (TPSA) is 63.2 Å². The van der Waals surface area contributed by atoms with Gasteiger partial charge in [0.1, 0.15) is 0 Å². The van der Waals surface area contributed by atoms with E-state index >= 15 is 0 Å². The van der Waals surface area contributed by atoms with E-state index < -0.39 is 0 Å². The van der Waals surface area contributed by atoms with Gasteiger partial charge in [-0.15, -0.1) is 0 Å². The van der Waals surface area contributed by atoms with E-state index in [9.17, 15) is 0 Å². The van der Waals surface area contributed by atoms with Crippen LogP contribution < -0.4 is 0 Å². The molecule has 4 aromatic carbocycles. The van der Waals surface area contributed by atoms with Gasteiger partial charge >= 0.3 is 0 Å². The molecule has 4 heterocycles. The highest BCUT2D eigenvalue weighted by Gasteiger charge is 2.24. The molecule has 41 heavy (non-hydrogen) atoms. The van der Waals surface area contributed by atoms with Gasteiger partial charge in [-0.05, 0) is 59.4 Å². The van der Waals surface area contributed by atoms with Crippen LogP contribution in [0.3, 0.4) is 0 Å². The summed E-state index contributed by atoms with van der Waals surface area (Å²) in [5, 5.41) is 5.25. The van der Waals surface area contributed by atoms with E-state index in [0.29, 0.717) is 0 Å². The predicted molar refractivity (Wildman–Crippen MR) is 171 cm³/mol. The average molecular weight is 533 g/mol. The number of aromatic nitrogens is 4. The van der Waals surface area contributed by atoms with Crippen LogP contribution in [0.5, 0.6) is 0 Å². The second-order valence-corrected chi connectivity index (χ2v) is 11.2. The largest absolute Gasteiger partial charge is 0.361 e. The molecule has 0 fully saturated rings. The molecule has 0 amide bonds. The third-order valence-electron chi connectivity index (χ3n) is 8.97. The Bertz CT molecular complexity index is 1820. The second-order valence-electron chi connectivity index (χ2n) is 11.2. The summed E-state index contributed by atoms with van der Waals surface area (Å²) in [5.41, 5.74) is 10.3. The molecule has 0 aliphatic rings. The molecular weight excluding hydrogens is 500 g/mol. The van der Waals surface area contributed by atoms with E-state index in [1.54, 1.807) is 0 Å². The minimum absolute atomic E-state index is 0.286. The zero-order valence-corrected chi connectivity index (χ0v) is 22.8. The van der Waals surface area contributed by atoms with Crippen molar-refractivity contribution in [1.82, 2.24) is 19.9 Å². The Morgan fingerprint density at radius 3 is 0.927 bits per heavy atom. The number of rotatable bonds is 8. The maximum atomic E-state index is 3.54. The maximum absolute atomic E-state index is 3.54. The molecule has 0 aliphatic carbocycles. The van der Waals surface area contributed by atoms with Crippen LogP contribution in [0.15, 0.2) is 122 Å². The Morgan fingerprint density at radius 1 is 0.366 bits per heavy atom. The Kier molecular flexibility index (Phi) is 5.77. The molecule has 0 spiro atoms. The summed E-state index contributed by atoms with van der Waals surface area (Å²) in [5.74, 6) is 0.572. The van der Waals surface area contributed by atoms with Gasteiger partial charge in [-0.25, -0.2) is 0 Å². The fourth-order valence-electron chi connectivity index (χ4n) is 7.01. The van der Waals surface area contributed by atoms with E-state index in [1.807, 2.05) is 0 Å². The lowest BCUT2D eigenvalue weighted by Crippen LogP contribution is -2.04. The van der Waals surface area contributed by atoms with Crippen molar-refractivity contribution in [2.75, 3.05) is 0 Å². The van der Waals surface area contributed by atoms with Gasteiger partial charge in [-0.1, -0.05) is 79.2 Å². The third-order valence-corrected chi connectivity index (χ3v) is 8.97. The highest BCUT2D eigenvalue weighted by atomic mass is 14.7. The molecule has 0 atom stereocenters. The lowest BCUT2D eigenvalue weighted by atomic mass is 9.82. The summed E-state index contributed by atoms with van der Waals surface area (Å²) in [4.78, 5) is 14.2. The van der Waals surface area contributed by atoms with Gasteiger partial charge in [0.15, 0.2) is 0 Å². The summed E-state index contributed by atoms with van der Waals surface area (Å²) >= 11 is 0. The van der Waals surface area contributed by atoms with Crippen molar-refractivity contribution >= 4 is 43.6 Å². The van der Waals surface area contributed by atoms with E-state index in [0.717, 1.165) is 19.3 Å². The van der Waals surface area contributed by atoms with Crippen molar-refractivity contribution in [2.45, 2.75) is 31.1 Å². The van der Waals surface area contributed by atoms with Crippen LogP contribution in [0, 0.1) is 0 Å². The number of hydrogen-bond acceptors (Lipinski definition) is 0. The van der Waals surface area contributed by atoms with E-state index in [-0.39, 0.29) is 11.8 Å². The minimum atomic E-state index is 0.286. The fraction of sp³-hybridized carbons (Fsp3) is 0.135. The number of para-hydroxylation sites is 4. The number of benzene rings is 4. The summed E-state index contributed by atoms with van der Waals surface area (Å²) in [6, 6.07) is 34.7. The molecule has 0 aliphatic heterocycles. The van der Waals surface area contributed by atoms with E-state index in [4.69, 9.17) is 0 Å². The minimum Gasteiger partial charge on any atom is -0.361 e. The van der Waals surface area contributed by atoms with Crippen LogP contribution in [-0.2, 0) is 0 Å². The summed E-state index contributed by atoms with van der Waals surface area (Å²) in [6.07, 6.45) is 12.1. The van der Waals surface area contributed by atoms with Crippen LogP contribution in [0.4, 0.5) is 0 Å². The molecule has 200 valence electrons. The van der Waals surface area contributed by atoms with Crippen LogP contribution in [0.25, 0.3) is 43.6 Å². The summed E-state index contributed by atoms with van der Waals surface area (Å²) < 4.78 is 0. The first kappa shape index (κ1) is 23.9. The number of hydrogen-bond donors (Lipinski definition) is 4. The van der Waals surface area contributed by atoms with Crippen molar-refractivity contribution in [3.8, 4) is 0 Å². The molecule has 0 bridgehead atoms. The number of H-pyrrole nitrogens is 4. The Hall–Kier alpha value is -4.96. The molecule has 4 N–H and O–H groups in total. The Labute approximate surface area is 238 Å². The van der Waals surface area contributed by atoms with Crippen molar-refractivity contribution in [3.63, 3.8) is 0 Å². The first-order valence-corrected chi connectivity index (χ1v) is 14.6. The summed E-state index contributed by atoms with van der Waals surface area (Å²) in [7, 11) is 0. The number of nitrogens with one attached hydrogen (secondary N) is 4. The molecular formula is C37H32N4. The SMILES string of the molecule is c1ccc2c(C(CCCC(c3c[nH]c4ccccc34)c3c[nH]c4ccccc34)c3c[nH]c4ccccc34)c[nH]c2c1. The van der Waals surface area contributed by atoms with E-state index in [2.05, 4.69) is 142 Å².